The maximum Gasteiger partial charge on any atom is 0.303 e. The van der Waals surface area contributed by atoms with E-state index in [2.05, 4.69) is 0 Å². The molecule has 2 rings (SSSR count). The Kier molecular flexibility index (Phi) is 7.02. The molecule has 2 aromatic carbocycles. The molecule has 0 aliphatic heterocycles. The van der Waals surface area contributed by atoms with Gasteiger partial charge >= 0.3 is 5.97 Å². The molecule has 0 saturated carbocycles. The zero-order valence-electron chi connectivity index (χ0n) is 13.6. The summed E-state index contributed by atoms with van der Waals surface area (Å²) >= 11 is 0. The lowest BCUT2D eigenvalue weighted by Crippen LogP contribution is -1.99. The van der Waals surface area contributed by atoms with E-state index in [1.165, 1.54) is 0 Å². The lowest BCUT2D eigenvalue weighted by Gasteiger charge is -2.07. The summed E-state index contributed by atoms with van der Waals surface area (Å²) in [5.74, 6) is 0.710. The van der Waals surface area contributed by atoms with E-state index in [-0.39, 0.29) is 12.2 Å². The minimum absolute atomic E-state index is 0.0896. The molecule has 0 bridgehead atoms. The molecule has 0 radical (unpaired) electrons. The largest absolute Gasteiger partial charge is 0.481 e. The lowest BCUT2D eigenvalue weighted by molar-refractivity contribution is -0.137. The van der Waals surface area contributed by atoms with Crippen LogP contribution in [0.4, 0.5) is 0 Å². The second-order valence-electron chi connectivity index (χ2n) is 5.67. The van der Waals surface area contributed by atoms with Crippen LogP contribution < -0.4 is 4.74 Å². The zero-order valence-corrected chi connectivity index (χ0v) is 13.6. The third-order valence-corrected chi connectivity index (χ3v) is 3.68. The summed E-state index contributed by atoms with van der Waals surface area (Å²) < 4.78 is 5.74. The van der Waals surface area contributed by atoms with E-state index in [1.807, 2.05) is 42.5 Å². The Morgan fingerprint density at radius 1 is 0.792 bits per heavy atom. The highest BCUT2D eigenvalue weighted by molar-refractivity contribution is 5.96. The van der Waals surface area contributed by atoms with Crippen LogP contribution in [0.5, 0.6) is 11.5 Å². The molecule has 4 heteroatoms. The SMILES string of the molecule is O=C(O)CCCCCCC(=O)c1cccc(Oc2ccccc2)c1. The number of benzene rings is 2. The third-order valence-electron chi connectivity index (χ3n) is 3.68. The fourth-order valence-electron chi connectivity index (χ4n) is 2.42. The molecule has 0 saturated heterocycles. The monoisotopic (exact) mass is 326 g/mol. The summed E-state index contributed by atoms with van der Waals surface area (Å²) in [7, 11) is 0. The molecule has 24 heavy (non-hydrogen) atoms. The molecule has 4 nitrogen and oxygen atoms in total. The number of carbonyl (C=O) groups excluding carboxylic acids is 1. The van der Waals surface area contributed by atoms with Crippen molar-refractivity contribution in [3.63, 3.8) is 0 Å². The molecule has 0 atom stereocenters. The van der Waals surface area contributed by atoms with Gasteiger partial charge in [-0.15, -0.1) is 0 Å². The Bertz CT molecular complexity index is 664. The molecule has 0 unspecified atom stereocenters. The number of ketones is 1. The van der Waals surface area contributed by atoms with Gasteiger partial charge in [0.2, 0.25) is 0 Å². The Morgan fingerprint density at radius 2 is 1.46 bits per heavy atom. The molecular formula is C20H22O4. The Hall–Kier alpha value is -2.62. The average molecular weight is 326 g/mol. The summed E-state index contributed by atoms with van der Waals surface area (Å²) in [5.41, 5.74) is 0.647. The zero-order chi connectivity index (χ0) is 17.2. The van der Waals surface area contributed by atoms with Crippen LogP contribution in [0.1, 0.15) is 48.9 Å². The normalized spacial score (nSPS) is 10.3. The highest BCUT2D eigenvalue weighted by Gasteiger charge is 2.07. The van der Waals surface area contributed by atoms with E-state index in [9.17, 15) is 9.59 Å². The predicted molar refractivity (Wildman–Crippen MR) is 92.6 cm³/mol. The number of carboxylic acids is 1. The molecule has 2 aromatic rings. The number of unbranched alkanes of at least 4 members (excludes halogenated alkanes) is 3. The maximum atomic E-state index is 12.2. The van der Waals surface area contributed by atoms with Crippen LogP contribution in [0.15, 0.2) is 54.6 Å². The first-order chi connectivity index (χ1) is 11.6. The summed E-state index contributed by atoms with van der Waals surface area (Å²) in [5, 5.41) is 8.57. The number of hydrogen-bond donors (Lipinski definition) is 1. The fraction of sp³-hybridized carbons (Fsp3) is 0.300. The summed E-state index contributed by atoms with van der Waals surface area (Å²) in [4.78, 5) is 22.7. The Morgan fingerprint density at radius 3 is 2.17 bits per heavy atom. The number of ether oxygens (including phenoxy) is 1. The topological polar surface area (TPSA) is 63.6 Å². The number of Topliss-reactive ketones (excluding diaryl/α,β-unsaturated/α-hetero) is 1. The highest BCUT2D eigenvalue weighted by Crippen LogP contribution is 2.22. The van der Waals surface area contributed by atoms with E-state index < -0.39 is 5.97 Å². The fourth-order valence-corrected chi connectivity index (χ4v) is 2.42. The average Bonchev–Trinajstić information content (AvgIpc) is 2.58. The lowest BCUT2D eigenvalue weighted by atomic mass is 10.0. The van der Waals surface area contributed by atoms with Gasteiger partial charge in [0.15, 0.2) is 5.78 Å². The minimum Gasteiger partial charge on any atom is -0.481 e. The van der Waals surface area contributed by atoms with Crippen LogP contribution in [0, 0.1) is 0 Å². The van der Waals surface area contributed by atoms with E-state index >= 15 is 0 Å². The molecule has 0 amide bonds. The van der Waals surface area contributed by atoms with Crippen molar-refractivity contribution in [3.05, 3.63) is 60.2 Å². The van der Waals surface area contributed by atoms with E-state index in [4.69, 9.17) is 9.84 Å². The molecule has 126 valence electrons. The standard InChI is InChI=1S/C20H22O4/c21-19(13-6-1-2-7-14-20(22)23)16-9-8-12-18(15-16)24-17-10-4-3-5-11-17/h3-5,8-12,15H,1-2,6-7,13-14H2,(H,22,23). The van der Waals surface area contributed by atoms with Crippen LogP contribution in [-0.2, 0) is 4.79 Å². The van der Waals surface area contributed by atoms with Crippen molar-refractivity contribution in [1.82, 2.24) is 0 Å². The highest BCUT2D eigenvalue weighted by atomic mass is 16.5. The quantitative estimate of drug-likeness (QED) is 0.488. The predicted octanol–water partition coefficient (Wildman–Crippen LogP) is 5.09. The summed E-state index contributed by atoms with van der Waals surface area (Å²) in [6.07, 6.45) is 3.84. The first-order valence-corrected chi connectivity index (χ1v) is 8.23. The van der Waals surface area contributed by atoms with E-state index in [0.717, 1.165) is 25.0 Å². The maximum absolute atomic E-state index is 12.2. The van der Waals surface area contributed by atoms with Gasteiger partial charge in [0.1, 0.15) is 11.5 Å². The second kappa shape index (κ2) is 9.50. The van der Waals surface area contributed by atoms with Crippen LogP contribution in [0.2, 0.25) is 0 Å². The molecule has 0 heterocycles. The molecule has 0 fully saturated rings. The van der Waals surface area contributed by atoms with Gasteiger partial charge in [-0.2, -0.15) is 0 Å². The van der Waals surface area contributed by atoms with Crippen LogP contribution >= 0.6 is 0 Å². The van der Waals surface area contributed by atoms with Gasteiger partial charge < -0.3 is 9.84 Å². The number of para-hydroxylation sites is 1. The van der Waals surface area contributed by atoms with Gasteiger partial charge in [-0.05, 0) is 37.1 Å². The van der Waals surface area contributed by atoms with Crippen molar-refractivity contribution < 1.29 is 19.4 Å². The van der Waals surface area contributed by atoms with Crippen molar-refractivity contribution in [2.75, 3.05) is 0 Å². The van der Waals surface area contributed by atoms with Gasteiger partial charge in [-0.1, -0.05) is 43.2 Å². The van der Waals surface area contributed by atoms with Gasteiger partial charge in [0.25, 0.3) is 0 Å². The molecule has 0 aliphatic rings. The van der Waals surface area contributed by atoms with Gasteiger partial charge in [0, 0.05) is 18.4 Å². The molecular weight excluding hydrogens is 304 g/mol. The van der Waals surface area contributed by atoms with Crippen molar-refractivity contribution in [3.8, 4) is 11.5 Å². The minimum atomic E-state index is -0.763. The molecule has 1 N–H and O–H groups in total. The molecule has 0 aromatic heterocycles. The van der Waals surface area contributed by atoms with Crippen LogP contribution in [-0.4, -0.2) is 16.9 Å². The van der Waals surface area contributed by atoms with Crippen molar-refractivity contribution >= 4 is 11.8 Å². The second-order valence-corrected chi connectivity index (χ2v) is 5.67. The van der Waals surface area contributed by atoms with E-state index in [0.29, 0.717) is 24.2 Å². The van der Waals surface area contributed by atoms with E-state index in [1.54, 1.807) is 12.1 Å². The third kappa shape index (κ3) is 6.24. The van der Waals surface area contributed by atoms with Crippen LogP contribution in [0.25, 0.3) is 0 Å². The first kappa shape index (κ1) is 17.7. The smallest absolute Gasteiger partial charge is 0.303 e. The van der Waals surface area contributed by atoms with Crippen molar-refractivity contribution in [2.24, 2.45) is 0 Å². The summed E-state index contributed by atoms with van der Waals surface area (Å²) in [6.45, 7) is 0. The number of rotatable bonds is 10. The van der Waals surface area contributed by atoms with Crippen molar-refractivity contribution in [1.29, 1.82) is 0 Å². The Labute approximate surface area is 142 Å². The van der Waals surface area contributed by atoms with Gasteiger partial charge in [-0.25, -0.2) is 0 Å². The Balaban J connectivity index is 1.80. The summed E-state index contributed by atoms with van der Waals surface area (Å²) in [6, 6.07) is 16.7. The number of hydrogen-bond acceptors (Lipinski definition) is 3. The number of aliphatic carboxylic acids is 1. The van der Waals surface area contributed by atoms with Gasteiger partial charge in [-0.3, -0.25) is 9.59 Å². The number of carbonyl (C=O) groups is 2. The van der Waals surface area contributed by atoms with Crippen molar-refractivity contribution in [2.45, 2.75) is 38.5 Å². The first-order valence-electron chi connectivity index (χ1n) is 8.23. The molecule has 0 aliphatic carbocycles. The van der Waals surface area contributed by atoms with Gasteiger partial charge in [0.05, 0.1) is 0 Å². The molecule has 0 spiro atoms. The number of carboxylic acid groups (broad SMARTS) is 1. The van der Waals surface area contributed by atoms with Crippen LogP contribution in [0.3, 0.4) is 0 Å².